The summed E-state index contributed by atoms with van der Waals surface area (Å²) in [4.78, 5) is 4.85. The molecule has 2 aromatic rings. The van der Waals surface area contributed by atoms with Crippen molar-refractivity contribution in [1.29, 1.82) is 0 Å². The Kier molecular flexibility index (Phi) is 3.47. The zero-order valence-electron chi connectivity index (χ0n) is 12.4. The molecule has 0 radical (unpaired) electrons. The van der Waals surface area contributed by atoms with Crippen LogP contribution in [0.25, 0.3) is 5.52 Å². The maximum Gasteiger partial charge on any atom is 0.116 e. The lowest BCUT2D eigenvalue weighted by Gasteiger charge is -2.09. The summed E-state index contributed by atoms with van der Waals surface area (Å²) >= 11 is 0. The Hall–Kier alpha value is -1.31. The summed E-state index contributed by atoms with van der Waals surface area (Å²) in [5, 5.41) is 0. The third-order valence-corrected chi connectivity index (χ3v) is 3.45. The highest BCUT2D eigenvalue weighted by atomic mass is 15.0. The van der Waals surface area contributed by atoms with Crippen molar-refractivity contribution in [2.45, 2.75) is 59.3 Å². The van der Waals surface area contributed by atoms with Gasteiger partial charge in [-0.1, -0.05) is 47.6 Å². The van der Waals surface area contributed by atoms with Crippen LogP contribution < -0.4 is 0 Å². The first-order valence-corrected chi connectivity index (χ1v) is 6.93. The third-order valence-electron chi connectivity index (χ3n) is 3.45. The van der Waals surface area contributed by atoms with Gasteiger partial charge in [0.05, 0.1) is 11.2 Å². The molecular formula is C16H24N2. The lowest BCUT2D eigenvalue weighted by atomic mass is 10.0. The molecule has 18 heavy (non-hydrogen) atoms. The van der Waals surface area contributed by atoms with Gasteiger partial charge >= 0.3 is 0 Å². The molecule has 0 amide bonds. The van der Waals surface area contributed by atoms with Crippen LogP contribution in [-0.4, -0.2) is 9.38 Å². The van der Waals surface area contributed by atoms with E-state index in [9.17, 15) is 0 Å². The monoisotopic (exact) mass is 244 g/mol. The van der Waals surface area contributed by atoms with Gasteiger partial charge in [0.25, 0.3) is 0 Å². The van der Waals surface area contributed by atoms with Crippen LogP contribution in [0.2, 0.25) is 0 Å². The highest BCUT2D eigenvalue weighted by molar-refractivity contribution is 5.55. The van der Waals surface area contributed by atoms with Crippen molar-refractivity contribution < 1.29 is 0 Å². The number of pyridine rings is 1. The second-order valence-electron chi connectivity index (χ2n) is 6.04. The summed E-state index contributed by atoms with van der Waals surface area (Å²) in [7, 11) is 0. The summed E-state index contributed by atoms with van der Waals surface area (Å²) in [5.74, 6) is 2.65. The highest BCUT2D eigenvalue weighted by Gasteiger charge is 2.16. The molecule has 0 atom stereocenters. The Morgan fingerprint density at radius 2 is 1.56 bits per heavy atom. The molecule has 2 heterocycles. The molecule has 0 unspecified atom stereocenters. The average Bonchev–Trinajstić information content (AvgIpc) is 2.67. The van der Waals surface area contributed by atoms with Gasteiger partial charge in [-0.05, 0) is 23.5 Å². The van der Waals surface area contributed by atoms with Crippen molar-refractivity contribution in [2.75, 3.05) is 0 Å². The van der Waals surface area contributed by atoms with Crippen LogP contribution in [0, 0.1) is 0 Å². The van der Waals surface area contributed by atoms with Gasteiger partial charge in [-0.25, -0.2) is 4.98 Å². The van der Waals surface area contributed by atoms with Crippen molar-refractivity contribution in [2.24, 2.45) is 0 Å². The Labute approximate surface area is 110 Å². The zero-order chi connectivity index (χ0) is 13.4. The molecule has 0 aliphatic rings. The zero-order valence-corrected chi connectivity index (χ0v) is 12.4. The molecule has 2 aromatic heterocycles. The van der Waals surface area contributed by atoms with E-state index in [0.29, 0.717) is 17.8 Å². The first-order valence-electron chi connectivity index (χ1n) is 6.93. The molecular weight excluding hydrogens is 220 g/mol. The number of imidazole rings is 1. The number of nitrogens with zero attached hydrogens (tertiary/aromatic N) is 2. The quantitative estimate of drug-likeness (QED) is 0.764. The summed E-state index contributed by atoms with van der Waals surface area (Å²) < 4.78 is 2.29. The van der Waals surface area contributed by atoms with Gasteiger partial charge in [-0.2, -0.15) is 0 Å². The van der Waals surface area contributed by atoms with Crippen LogP contribution in [0.15, 0.2) is 18.3 Å². The second-order valence-corrected chi connectivity index (χ2v) is 6.04. The smallest absolute Gasteiger partial charge is 0.116 e. The largest absolute Gasteiger partial charge is 0.303 e. The van der Waals surface area contributed by atoms with E-state index in [1.54, 1.807) is 0 Å². The van der Waals surface area contributed by atoms with Gasteiger partial charge in [0.1, 0.15) is 5.82 Å². The van der Waals surface area contributed by atoms with E-state index in [4.69, 9.17) is 4.98 Å². The molecule has 0 aliphatic carbocycles. The minimum Gasteiger partial charge on any atom is -0.303 e. The Bertz CT molecular complexity index is 547. The van der Waals surface area contributed by atoms with E-state index in [1.165, 1.54) is 22.6 Å². The molecule has 0 fully saturated rings. The molecule has 0 bridgehead atoms. The van der Waals surface area contributed by atoms with E-state index in [0.717, 1.165) is 0 Å². The van der Waals surface area contributed by atoms with Crippen LogP contribution >= 0.6 is 0 Å². The average molecular weight is 244 g/mol. The number of fused-ring (bicyclic) bond motifs is 1. The Morgan fingerprint density at radius 1 is 0.889 bits per heavy atom. The molecule has 2 heteroatoms. The fourth-order valence-corrected chi connectivity index (χ4v) is 2.32. The van der Waals surface area contributed by atoms with E-state index in [2.05, 4.69) is 64.3 Å². The molecule has 0 saturated heterocycles. The maximum absolute atomic E-state index is 4.85. The van der Waals surface area contributed by atoms with E-state index in [1.807, 2.05) is 0 Å². The normalized spacial score (nSPS) is 12.3. The Balaban J connectivity index is 2.71. The van der Waals surface area contributed by atoms with Crippen LogP contribution in [0.4, 0.5) is 0 Å². The number of hydrogen-bond donors (Lipinski definition) is 0. The predicted molar refractivity (Wildman–Crippen MR) is 77.5 cm³/mol. The van der Waals surface area contributed by atoms with Crippen molar-refractivity contribution in [3.63, 3.8) is 0 Å². The van der Waals surface area contributed by atoms with Gasteiger partial charge in [-0.3, -0.25) is 0 Å². The van der Waals surface area contributed by atoms with E-state index >= 15 is 0 Å². The minimum absolute atomic E-state index is 0.451. The number of rotatable bonds is 3. The second kappa shape index (κ2) is 4.75. The van der Waals surface area contributed by atoms with Crippen molar-refractivity contribution in [3.8, 4) is 0 Å². The standard InChI is InChI=1S/C16H24N2/c1-10(2)13-7-8-14-15(11(3)4)17-16(12(5)6)18(14)9-13/h7-12H,1-6H3. The summed E-state index contributed by atoms with van der Waals surface area (Å²) in [6.45, 7) is 13.3. The molecule has 2 nitrogen and oxygen atoms in total. The molecule has 0 aromatic carbocycles. The van der Waals surface area contributed by atoms with Crippen LogP contribution in [0.1, 0.15) is 76.4 Å². The molecule has 0 N–H and O–H groups in total. The molecule has 0 aliphatic heterocycles. The summed E-state index contributed by atoms with van der Waals surface area (Å²) in [6.07, 6.45) is 2.26. The van der Waals surface area contributed by atoms with Gasteiger partial charge in [0.15, 0.2) is 0 Å². The van der Waals surface area contributed by atoms with Crippen molar-refractivity contribution in [3.05, 3.63) is 35.4 Å². The molecule has 0 saturated carbocycles. The topological polar surface area (TPSA) is 17.3 Å². The van der Waals surface area contributed by atoms with E-state index in [-0.39, 0.29) is 0 Å². The van der Waals surface area contributed by atoms with Crippen molar-refractivity contribution in [1.82, 2.24) is 9.38 Å². The first-order chi connectivity index (χ1) is 8.41. The lowest BCUT2D eigenvalue weighted by Crippen LogP contribution is -1.99. The van der Waals surface area contributed by atoms with Crippen molar-refractivity contribution >= 4 is 5.52 Å². The lowest BCUT2D eigenvalue weighted by molar-refractivity contribution is 0.749. The highest BCUT2D eigenvalue weighted by Crippen LogP contribution is 2.26. The minimum atomic E-state index is 0.451. The molecule has 98 valence electrons. The first kappa shape index (κ1) is 13.1. The number of hydrogen-bond acceptors (Lipinski definition) is 1. The number of aromatic nitrogens is 2. The summed E-state index contributed by atoms with van der Waals surface area (Å²) in [6, 6.07) is 4.46. The fraction of sp³-hybridized carbons (Fsp3) is 0.562. The molecule has 0 spiro atoms. The van der Waals surface area contributed by atoms with Crippen LogP contribution in [0.3, 0.4) is 0 Å². The van der Waals surface area contributed by atoms with Crippen LogP contribution in [-0.2, 0) is 0 Å². The van der Waals surface area contributed by atoms with Gasteiger partial charge < -0.3 is 4.40 Å². The fourth-order valence-electron chi connectivity index (χ4n) is 2.32. The van der Waals surface area contributed by atoms with Crippen LogP contribution in [0.5, 0.6) is 0 Å². The van der Waals surface area contributed by atoms with Gasteiger partial charge in [0.2, 0.25) is 0 Å². The SMILES string of the molecule is CC(C)c1ccc2c(C(C)C)nc(C(C)C)n2c1. The summed E-state index contributed by atoms with van der Waals surface area (Å²) in [5.41, 5.74) is 3.85. The predicted octanol–water partition coefficient (Wildman–Crippen LogP) is 4.70. The third kappa shape index (κ3) is 2.16. The van der Waals surface area contributed by atoms with Gasteiger partial charge in [-0.15, -0.1) is 0 Å². The van der Waals surface area contributed by atoms with Gasteiger partial charge in [0, 0.05) is 12.1 Å². The Morgan fingerprint density at radius 3 is 2.06 bits per heavy atom. The maximum atomic E-state index is 4.85. The van der Waals surface area contributed by atoms with E-state index < -0.39 is 0 Å². The molecule has 2 rings (SSSR count).